The first-order chi connectivity index (χ1) is 12.2. The van der Waals surface area contributed by atoms with Crippen molar-refractivity contribution < 1.29 is 19.1 Å². The maximum absolute atomic E-state index is 12.5. The van der Waals surface area contributed by atoms with Gasteiger partial charge in [-0.05, 0) is 24.1 Å². The Hall–Kier alpha value is -3.08. The second-order valence-electron chi connectivity index (χ2n) is 6.06. The number of ketones is 1. The SMILES string of the molecule is O=C(C1=CC(=O)N(CCc2ccc3c(c2)OCO3)C1)c1ccccc1. The lowest BCUT2D eigenvalue weighted by molar-refractivity contribution is -0.124. The maximum atomic E-state index is 12.5. The number of fused-ring (bicyclic) bond motifs is 1. The second kappa shape index (κ2) is 6.43. The van der Waals surface area contributed by atoms with Crippen LogP contribution in [0, 0.1) is 0 Å². The summed E-state index contributed by atoms with van der Waals surface area (Å²) in [5, 5.41) is 0. The highest BCUT2D eigenvalue weighted by atomic mass is 16.7. The van der Waals surface area contributed by atoms with Gasteiger partial charge >= 0.3 is 0 Å². The molecule has 0 saturated carbocycles. The van der Waals surface area contributed by atoms with Crippen molar-refractivity contribution in [1.82, 2.24) is 4.90 Å². The highest BCUT2D eigenvalue weighted by molar-refractivity contribution is 6.14. The van der Waals surface area contributed by atoms with Gasteiger partial charge < -0.3 is 14.4 Å². The molecule has 0 bridgehead atoms. The van der Waals surface area contributed by atoms with Crippen molar-refractivity contribution in [3.05, 3.63) is 71.3 Å². The Morgan fingerprint density at radius 3 is 2.68 bits per heavy atom. The van der Waals surface area contributed by atoms with Crippen LogP contribution in [0.15, 0.2) is 60.2 Å². The van der Waals surface area contributed by atoms with E-state index < -0.39 is 0 Å². The lowest BCUT2D eigenvalue weighted by atomic mass is 10.0. The molecule has 2 heterocycles. The minimum atomic E-state index is -0.111. The van der Waals surface area contributed by atoms with Gasteiger partial charge in [-0.1, -0.05) is 36.4 Å². The van der Waals surface area contributed by atoms with Crippen molar-refractivity contribution >= 4 is 11.7 Å². The van der Waals surface area contributed by atoms with Crippen molar-refractivity contribution in [3.8, 4) is 11.5 Å². The molecule has 0 radical (unpaired) electrons. The molecule has 2 aromatic carbocycles. The Morgan fingerprint density at radius 1 is 1.04 bits per heavy atom. The maximum Gasteiger partial charge on any atom is 0.247 e. The summed E-state index contributed by atoms with van der Waals surface area (Å²) in [6.45, 7) is 1.16. The number of hydrogen-bond donors (Lipinski definition) is 0. The average Bonchev–Trinajstić information content (AvgIpc) is 3.26. The van der Waals surface area contributed by atoms with Crippen molar-refractivity contribution in [2.75, 3.05) is 19.9 Å². The smallest absolute Gasteiger partial charge is 0.247 e. The number of hydrogen-bond acceptors (Lipinski definition) is 4. The minimum Gasteiger partial charge on any atom is -0.454 e. The largest absolute Gasteiger partial charge is 0.454 e. The number of amides is 1. The predicted octanol–water partition coefficient (Wildman–Crippen LogP) is 2.61. The standard InChI is InChI=1S/C20H17NO4/c22-19-11-16(20(23)15-4-2-1-3-5-15)12-21(19)9-8-14-6-7-17-18(10-14)25-13-24-17/h1-7,10-11H,8-9,12-13H2. The summed E-state index contributed by atoms with van der Waals surface area (Å²) in [4.78, 5) is 26.3. The Bertz CT molecular complexity index is 857. The number of carbonyl (C=O) groups is 2. The number of carbonyl (C=O) groups excluding carboxylic acids is 2. The van der Waals surface area contributed by atoms with Gasteiger partial charge in [-0.2, -0.15) is 0 Å². The van der Waals surface area contributed by atoms with Gasteiger partial charge in [0.25, 0.3) is 0 Å². The zero-order chi connectivity index (χ0) is 17.2. The van der Waals surface area contributed by atoms with E-state index in [-0.39, 0.29) is 18.5 Å². The third-order valence-corrected chi connectivity index (χ3v) is 4.41. The summed E-state index contributed by atoms with van der Waals surface area (Å²) in [5.74, 6) is 1.29. The molecule has 1 amide bonds. The fourth-order valence-electron chi connectivity index (χ4n) is 3.03. The molecule has 2 aliphatic heterocycles. The molecule has 0 fully saturated rings. The topological polar surface area (TPSA) is 55.8 Å². The zero-order valence-corrected chi connectivity index (χ0v) is 13.6. The Balaban J connectivity index is 1.39. The third kappa shape index (κ3) is 3.13. The van der Waals surface area contributed by atoms with Gasteiger partial charge in [0.05, 0.1) is 6.54 Å². The summed E-state index contributed by atoms with van der Waals surface area (Å²) < 4.78 is 10.7. The first-order valence-electron chi connectivity index (χ1n) is 8.18. The third-order valence-electron chi connectivity index (χ3n) is 4.41. The number of ether oxygens (including phenoxy) is 2. The molecule has 2 aliphatic rings. The molecule has 4 rings (SSSR count). The normalized spacial score (nSPS) is 15.4. The Morgan fingerprint density at radius 2 is 1.84 bits per heavy atom. The van der Waals surface area contributed by atoms with Gasteiger partial charge in [-0.15, -0.1) is 0 Å². The lowest BCUT2D eigenvalue weighted by Crippen LogP contribution is -2.29. The molecule has 2 aromatic rings. The van der Waals surface area contributed by atoms with E-state index in [0.29, 0.717) is 30.6 Å². The predicted molar refractivity (Wildman–Crippen MR) is 91.7 cm³/mol. The van der Waals surface area contributed by atoms with E-state index >= 15 is 0 Å². The molecule has 0 N–H and O–H groups in total. The van der Waals surface area contributed by atoms with Gasteiger partial charge in [0.15, 0.2) is 17.3 Å². The summed E-state index contributed by atoms with van der Waals surface area (Å²) in [5.41, 5.74) is 2.22. The van der Waals surface area contributed by atoms with Crippen molar-refractivity contribution in [2.45, 2.75) is 6.42 Å². The minimum absolute atomic E-state index is 0.0838. The highest BCUT2D eigenvalue weighted by Crippen LogP contribution is 2.32. The van der Waals surface area contributed by atoms with Crippen molar-refractivity contribution in [3.63, 3.8) is 0 Å². The molecular weight excluding hydrogens is 318 g/mol. The summed E-state index contributed by atoms with van der Waals surface area (Å²) in [7, 11) is 0. The summed E-state index contributed by atoms with van der Waals surface area (Å²) in [6, 6.07) is 14.8. The molecule has 0 unspecified atom stereocenters. The first kappa shape index (κ1) is 15.4. The summed E-state index contributed by atoms with van der Waals surface area (Å²) >= 11 is 0. The van der Waals surface area contributed by atoms with Crippen LogP contribution in [-0.2, 0) is 11.2 Å². The molecule has 126 valence electrons. The number of benzene rings is 2. The van der Waals surface area contributed by atoms with Gasteiger partial charge in [0.1, 0.15) is 0 Å². The van der Waals surface area contributed by atoms with E-state index in [1.165, 1.54) is 6.08 Å². The lowest BCUT2D eigenvalue weighted by Gasteiger charge is -2.16. The molecule has 0 atom stereocenters. The monoisotopic (exact) mass is 335 g/mol. The van der Waals surface area contributed by atoms with Crippen LogP contribution in [0.3, 0.4) is 0 Å². The molecule has 0 aromatic heterocycles. The van der Waals surface area contributed by atoms with Crippen LogP contribution in [0.1, 0.15) is 15.9 Å². The van der Waals surface area contributed by atoms with Crippen LogP contribution >= 0.6 is 0 Å². The van der Waals surface area contributed by atoms with Crippen LogP contribution < -0.4 is 9.47 Å². The number of Topliss-reactive ketones (excluding diaryl/α,β-unsaturated/α-hetero) is 1. The van der Waals surface area contributed by atoms with Crippen LogP contribution in [0.5, 0.6) is 11.5 Å². The van der Waals surface area contributed by atoms with Crippen LogP contribution in [0.25, 0.3) is 0 Å². The van der Waals surface area contributed by atoms with E-state index in [9.17, 15) is 9.59 Å². The molecule has 5 heteroatoms. The van der Waals surface area contributed by atoms with Crippen LogP contribution in [-0.4, -0.2) is 36.5 Å². The fourth-order valence-corrected chi connectivity index (χ4v) is 3.03. The van der Waals surface area contributed by atoms with Crippen LogP contribution in [0.2, 0.25) is 0 Å². The first-order valence-corrected chi connectivity index (χ1v) is 8.18. The quantitative estimate of drug-likeness (QED) is 0.788. The highest BCUT2D eigenvalue weighted by Gasteiger charge is 2.26. The van der Waals surface area contributed by atoms with Crippen LogP contribution in [0.4, 0.5) is 0 Å². The van der Waals surface area contributed by atoms with E-state index in [4.69, 9.17) is 9.47 Å². The van der Waals surface area contributed by atoms with E-state index in [1.807, 2.05) is 36.4 Å². The second-order valence-corrected chi connectivity index (χ2v) is 6.06. The Kier molecular flexibility index (Phi) is 3.98. The molecule has 5 nitrogen and oxygen atoms in total. The van der Waals surface area contributed by atoms with E-state index in [2.05, 4.69) is 0 Å². The molecule has 0 aliphatic carbocycles. The zero-order valence-electron chi connectivity index (χ0n) is 13.6. The number of nitrogens with zero attached hydrogens (tertiary/aromatic N) is 1. The van der Waals surface area contributed by atoms with Crippen molar-refractivity contribution in [2.24, 2.45) is 0 Å². The van der Waals surface area contributed by atoms with Crippen molar-refractivity contribution in [1.29, 1.82) is 0 Å². The summed E-state index contributed by atoms with van der Waals surface area (Å²) in [6.07, 6.45) is 2.15. The number of rotatable bonds is 5. The molecule has 0 saturated heterocycles. The van der Waals surface area contributed by atoms with Gasteiger partial charge in [-0.25, -0.2) is 0 Å². The van der Waals surface area contributed by atoms with Gasteiger partial charge in [-0.3, -0.25) is 9.59 Å². The van der Waals surface area contributed by atoms with E-state index in [0.717, 1.165) is 17.1 Å². The molecule has 0 spiro atoms. The molecule has 25 heavy (non-hydrogen) atoms. The van der Waals surface area contributed by atoms with E-state index in [1.54, 1.807) is 17.0 Å². The van der Waals surface area contributed by atoms with Gasteiger partial charge in [0, 0.05) is 23.8 Å². The van der Waals surface area contributed by atoms with Gasteiger partial charge in [0.2, 0.25) is 12.7 Å². The Labute approximate surface area is 145 Å². The molecular formula is C20H17NO4. The fraction of sp³-hybridized carbons (Fsp3) is 0.200. The average molecular weight is 335 g/mol.